The van der Waals surface area contributed by atoms with E-state index < -0.39 is 52.5 Å². The lowest BCUT2D eigenvalue weighted by Crippen LogP contribution is -2.54. The van der Waals surface area contributed by atoms with Crippen LogP contribution in [0.4, 0.5) is 4.79 Å². The molecule has 0 saturated carbocycles. The lowest BCUT2D eigenvalue weighted by molar-refractivity contribution is -0.500. The first kappa shape index (κ1) is 23.6. The fourth-order valence-electron chi connectivity index (χ4n) is 3.22. The molecule has 0 radical (unpaired) electrons. The summed E-state index contributed by atoms with van der Waals surface area (Å²) in [6.07, 6.45) is -0.605. The van der Waals surface area contributed by atoms with Crippen LogP contribution in [0.2, 0.25) is 0 Å². The molecule has 0 spiro atoms. The molecule has 1 amide bonds. The van der Waals surface area contributed by atoms with E-state index in [1.54, 1.807) is 34.6 Å². The highest BCUT2D eigenvalue weighted by Gasteiger charge is 2.54. The van der Waals surface area contributed by atoms with Crippen molar-refractivity contribution >= 4 is 18.0 Å². The Balaban J connectivity index is 3.06. The number of rotatable bonds is 7. The zero-order chi connectivity index (χ0) is 21.7. The molecule has 28 heavy (non-hydrogen) atoms. The molecule has 1 N–H and O–H groups in total. The lowest BCUT2D eigenvalue weighted by Gasteiger charge is -2.41. The van der Waals surface area contributed by atoms with Crippen molar-refractivity contribution in [2.75, 3.05) is 19.6 Å². The molecule has 0 bridgehead atoms. The van der Waals surface area contributed by atoms with Crippen LogP contribution >= 0.6 is 0 Å². The molecule has 1 aliphatic heterocycles. The van der Waals surface area contributed by atoms with Gasteiger partial charge in [-0.05, 0) is 47.0 Å². The van der Waals surface area contributed by atoms with Gasteiger partial charge in [-0.3, -0.25) is 19.7 Å². The number of esters is 1. The molecule has 10 heteroatoms. The number of amides is 1. The van der Waals surface area contributed by atoms with Crippen molar-refractivity contribution in [1.29, 1.82) is 0 Å². The average Bonchev–Trinajstić information content (AvgIpc) is 2.52. The van der Waals surface area contributed by atoms with Crippen LogP contribution in [0.25, 0.3) is 0 Å². The maximum Gasteiger partial charge on any atom is 0.410 e. The van der Waals surface area contributed by atoms with Gasteiger partial charge in [-0.25, -0.2) is 4.79 Å². The summed E-state index contributed by atoms with van der Waals surface area (Å²) in [7, 11) is 0. The highest BCUT2D eigenvalue weighted by Crippen LogP contribution is 2.41. The molecule has 2 atom stereocenters. The standard InChI is InChI=1S/C18H30N2O8/c1-6-12(2)27-15(23)13(14(21)22)18(11-20(25)26)7-9-19(10-8-18)16(24)28-17(3,4)5/h12-13H,6-11H2,1-5H3,(H,21,22). The van der Waals surface area contributed by atoms with Gasteiger partial charge in [-0.2, -0.15) is 0 Å². The number of hydrogen-bond donors (Lipinski definition) is 1. The normalized spacial score (nSPS) is 18.7. The maximum absolute atomic E-state index is 12.5. The highest BCUT2D eigenvalue weighted by atomic mass is 16.6. The third-order valence-electron chi connectivity index (χ3n) is 4.84. The van der Waals surface area contributed by atoms with Gasteiger partial charge in [-0.15, -0.1) is 0 Å². The SMILES string of the molecule is CCC(C)OC(=O)C(C(=O)O)C1(C[N+](=O)[O-])CCN(C(=O)OC(C)(C)C)CC1. The van der Waals surface area contributed by atoms with Crippen LogP contribution in [-0.2, 0) is 19.1 Å². The molecule has 1 rings (SSSR count). The number of carboxylic acids is 1. The van der Waals surface area contributed by atoms with E-state index in [-0.39, 0.29) is 25.9 Å². The molecule has 0 aliphatic carbocycles. The fourth-order valence-corrected chi connectivity index (χ4v) is 3.22. The van der Waals surface area contributed by atoms with E-state index in [1.807, 2.05) is 0 Å². The number of carboxylic acid groups (broad SMARTS) is 1. The predicted molar refractivity (Wildman–Crippen MR) is 98.3 cm³/mol. The summed E-state index contributed by atoms with van der Waals surface area (Å²) in [5.74, 6) is -4.11. The molecular formula is C18H30N2O8. The molecule has 1 heterocycles. The van der Waals surface area contributed by atoms with Crippen LogP contribution in [0.3, 0.4) is 0 Å². The third-order valence-corrected chi connectivity index (χ3v) is 4.84. The molecule has 2 unspecified atom stereocenters. The van der Waals surface area contributed by atoms with Crippen molar-refractivity contribution in [1.82, 2.24) is 4.90 Å². The molecule has 0 aromatic rings. The smallest absolute Gasteiger partial charge is 0.410 e. The zero-order valence-electron chi connectivity index (χ0n) is 17.1. The lowest BCUT2D eigenvalue weighted by atomic mass is 9.68. The van der Waals surface area contributed by atoms with E-state index in [9.17, 15) is 29.6 Å². The van der Waals surface area contributed by atoms with Crippen LogP contribution in [0, 0.1) is 21.4 Å². The molecule has 160 valence electrons. The quantitative estimate of drug-likeness (QED) is 0.296. The Hall–Kier alpha value is -2.39. The minimum atomic E-state index is -1.67. The fraction of sp³-hybridized carbons (Fsp3) is 0.833. The topological polar surface area (TPSA) is 136 Å². The molecule has 1 aliphatic rings. The Bertz CT molecular complexity index is 605. The Kier molecular flexibility index (Phi) is 7.77. The van der Waals surface area contributed by atoms with Crippen molar-refractivity contribution in [3.63, 3.8) is 0 Å². The summed E-state index contributed by atoms with van der Waals surface area (Å²) in [6.45, 7) is 7.99. The summed E-state index contributed by atoms with van der Waals surface area (Å²) < 4.78 is 10.5. The van der Waals surface area contributed by atoms with E-state index in [1.165, 1.54) is 4.90 Å². The van der Waals surface area contributed by atoms with E-state index in [0.29, 0.717) is 6.42 Å². The van der Waals surface area contributed by atoms with Gasteiger partial charge < -0.3 is 19.5 Å². The van der Waals surface area contributed by atoms with Crippen molar-refractivity contribution in [2.45, 2.75) is 65.6 Å². The van der Waals surface area contributed by atoms with E-state index in [0.717, 1.165) is 0 Å². The van der Waals surface area contributed by atoms with Gasteiger partial charge in [0.25, 0.3) is 0 Å². The van der Waals surface area contributed by atoms with Gasteiger partial charge in [-0.1, -0.05) is 6.92 Å². The number of likely N-dealkylation sites (tertiary alicyclic amines) is 1. The number of aliphatic carboxylic acids is 1. The molecular weight excluding hydrogens is 372 g/mol. The van der Waals surface area contributed by atoms with Crippen LogP contribution in [0.1, 0.15) is 53.9 Å². The molecule has 1 saturated heterocycles. The highest BCUT2D eigenvalue weighted by molar-refractivity contribution is 5.95. The van der Waals surface area contributed by atoms with E-state index in [2.05, 4.69) is 0 Å². The Labute approximate surface area is 164 Å². The third kappa shape index (κ3) is 6.35. The minimum absolute atomic E-state index is 0.0141. The molecule has 1 fully saturated rings. The number of carbonyl (C=O) groups excluding carboxylic acids is 2. The second kappa shape index (κ2) is 9.20. The largest absolute Gasteiger partial charge is 0.481 e. The Morgan fingerprint density at radius 2 is 1.79 bits per heavy atom. The Morgan fingerprint density at radius 3 is 2.18 bits per heavy atom. The van der Waals surface area contributed by atoms with Crippen LogP contribution in [0.15, 0.2) is 0 Å². The number of piperidine rings is 1. The van der Waals surface area contributed by atoms with Crippen molar-refractivity contribution in [3.8, 4) is 0 Å². The number of nitrogens with zero attached hydrogens (tertiary/aromatic N) is 2. The molecule has 0 aromatic heterocycles. The summed E-state index contributed by atoms with van der Waals surface area (Å²) in [5.41, 5.74) is -2.13. The molecule has 0 aromatic carbocycles. The van der Waals surface area contributed by atoms with Gasteiger partial charge in [0.15, 0.2) is 5.92 Å². The zero-order valence-corrected chi connectivity index (χ0v) is 17.1. The van der Waals surface area contributed by atoms with Crippen molar-refractivity contribution in [2.24, 2.45) is 11.3 Å². The van der Waals surface area contributed by atoms with E-state index >= 15 is 0 Å². The first-order chi connectivity index (χ1) is 12.8. The predicted octanol–water partition coefficient (Wildman–Crippen LogP) is 2.32. The van der Waals surface area contributed by atoms with Gasteiger partial charge in [0.2, 0.25) is 6.54 Å². The molecule has 10 nitrogen and oxygen atoms in total. The summed E-state index contributed by atoms with van der Waals surface area (Å²) in [5, 5.41) is 20.9. The number of hydrogen-bond acceptors (Lipinski definition) is 7. The van der Waals surface area contributed by atoms with Gasteiger partial charge >= 0.3 is 18.0 Å². The first-order valence-corrected chi connectivity index (χ1v) is 9.34. The van der Waals surface area contributed by atoms with Crippen molar-refractivity contribution in [3.05, 3.63) is 10.1 Å². The Morgan fingerprint density at radius 1 is 1.25 bits per heavy atom. The summed E-state index contributed by atoms with van der Waals surface area (Å²) in [6, 6.07) is 0. The van der Waals surface area contributed by atoms with E-state index in [4.69, 9.17) is 9.47 Å². The van der Waals surface area contributed by atoms with Crippen LogP contribution in [0.5, 0.6) is 0 Å². The van der Waals surface area contributed by atoms with Crippen molar-refractivity contribution < 1.29 is 33.9 Å². The minimum Gasteiger partial charge on any atom is -0.481 e. The van der Waals surface area contributed by atoms with Crippen LogP contribution < -0.4 is 0 Å². The number of ether oxygens (including phenoxy) is 2. The monoisotopic (exact) mass is 402 g/mol. The second-order valence-corrected chi connectivity index (χ2v) is 8.25. The summed E-state index contributed by atoms with van der Waals surface area (Å²) >= 11 is 0. The van der Waals surface area contributed by atoms with Gasteiger partial charge in [0, 0.05) is 18.0 Å². The summed E-state index contributed by atoms with van der Waals surface area (Å²) in [4.78, 5) is 48.6. The first-order valence-electron chi connectivity index (χ1n) is 9.34. The number of carbonyl (C=O) groups is 3. The van der Waals surface area contributed by atoms with Gasteiger partial charge in [0.05, 0.1) is 11.5 Å². The maximum atomic E-state index is 12.5. The average molecular weight is 402 g/mol. The number of nitro groups is 1. The van der Waals surface area contributed by atoms with Crippen LogP contribution in [-0.4, -0.2) is 64.3 Å². The van der Waals surface area contributed by atoms with Gasteiger partial charge in [0.1, 0.15) is 5.60 Å². The second-order valence-electron chi connectivity index (χ2n) is 8.25.